The van der Waals surface area contributed by atoms with E-state index in [4.69, 9.17) is 16.3 Å². The van der Waals surface area contributed by atoms with Crippen LogP contribution in [0.25, 0.3) is 10.1 Å². The number of nitrogens with zero attached hydrogens (tertiary/aromatic N) is 1. The third-order valence-electron chi connectivity index (χ3n) is 4.56. The minimum Gasteiger partial charge on any atom is -0.378 e. The first kappa shape index (κ1) is 18.2. The third-order valence-corrected chi connectivity index (χ3v) is 6.22. The molecule has 0 aliphatic carbocycles. The maximum absolute atomic E-state index is 13.4. The molecule has 4 rings (SSSR count). The Hall–Kier alpha value is -2.15. The fraction of sp³-hybridized carbons (Fsp3) is 0.250. The highest BCUT2D eigenvalue weighted by molar-refractivity contribution is 7.21. The molecule has 1 fully saturated rings. The molecule has 27 heavy (non-hydrogen) atoms. The van der Waals surface area contributed by atoms with Gasteiger partial charge in [0.1, 0.15) is 10.7 Å². The molecule has 0 unspecified atom stereocenters. The lowest BCUT2D eigenvalue weighted by molar-refractivity contribution is 0.0955. The van der Waals surface area contributed by atoms with Gasteiger partial charge in [-0.05, 0) is 35.9 Å². The second-order valence-corrected chi connectivity index (χ2v) is 7.76. The molecule has 1 aliphatic rings. The van der Waals surface area contributed by atoms with Crippen molar-refractivity contribution in [3.8, 4) is 0 Å². The van der Waals surface area contributed by atoms with Gasteiger partial charge in [-0.25, -0.2) is 4.39 Å². The summed E-state index contributed by atoms with van der Waals surface area (Å²) in [7, 11) is 0. The average Bonchev–Trinajstić information content (AvgIpc) is 3.03. The molecule has 4 nitrogen and oxygen atoms in total. The molecule has 3 aromatic rings. The van der Waals surface area contributed by atoms with E-state index in [0.717, 1.165) is 37.6 Å². The van der Waals surface area contributed by atoms with Crippen LogP contribution in [-0.4, -0.2) is 32.2 Å². The highest BCUT2D eigenvalue weighted by atomic mass is 35.5. The van der Waals surface area contributed by atoms with Gasteiger partial charge in [0, 0.05) is 35.4 Å². The van der Waals surface area contributed by atoms with E-state index in [0.29, 0.717) is 26.5 Å². The van der Waals surface area contributed by atoms with Crippen LogP contribution in [-0.2, 0) is 11.3 Å². The van der Waals surface area contributed by atoms with Gasteiger partial charge in [-0.3, -0.25) is 4.79 Å². The van der Waals surface area contributed by atoms with Gasteiger partial charge in [-0.2, -0.15) is 0 Å². The van der Waals surface area contributed by atoms with Crippen LogP contribution < -0.4 is 10.2 Å². The van der Waals surface area contributed by atoms with Gasteiger partial charge in [0.05, 0.1) is 18.2 Å². The number of morpholine rings is 1. The monoisotopic (exact) mass is 404 g/mol. The maximum Gasteiger partial charge on any atom is 0.263 e. The largest absolute Gasteiger partial charge is 0.378 e. The summed E-state index contributed by atoms with van der Waals surface area (Å²) in [5.41, 5.74) is 2.16. The van der Waals surface area contributed by atoms with Crippen molar-refractivity contribution in [1.82, 2.24) is 5.32 Å². The number of ether oxygens (including phenoxy) is 1. The molecule has 0 saturated carbocycles. The fourth-order valence-electron chi connectivity index (χ4n) is 3.09. The summed E-state index contributed by atoms with van der Waals surface area (Å²) in [6, 6.07) is 12.5. The second-order valence-electron chi connectivity index (χ2n) is 6.33. The Morgan fingerprint density at radius 3 is 2.67 bits per heavy atom. The number of rotatable bonds is 4. The number of halogens is 2. The first-order chi connectivity index (χ1) is 13.1. The Bertz CT molecular complexity index is 968. The summed E-state index contributed by atoms with van der Waals surface area (Å²) < 4.78 is 19.4. The summed E-state index contributed by atoms with van der Waals surface area (Å²) in [4.78, 5) is 15.2. The Morgan fingerprint density at radius 1 is 1.19 bits per heavy atom. The summed E-state index contributed by atoms with van der Waals surface area (Å²) >= 11 is 7.50. The topological polar surface area (TPSA) is 41.6 Å². The van der Waals surface area contributed by atoms with Crippen LogP contribution in [0.2, 0.25) is 5.02 Å². The number of hydrogen-bond acceptors (Lipinski definition) is 4. The highest BCUT2D eigenvalue weighted by Crippen LogP contribution is 2.35. The third kappa shape index (κ3) is 3.93. The lowest BCUT2D eigenvalue weighted by Gasteiger charge is -2.28. The Labute approximate surface area is 165 Å². The van der Waals surface area contributed by atoms with E-state index in [1.807, 2.05) is 12.1 Å². The first-order valence-electron chi connectivity index (χ1n) is 8.69. The molecular formula is C20H18ClFN2O2S. The molecular weight excluding hydrogens is 387 g/mol. The van der Waals surface area contributed by atoms with E-state index in [1.165, 1.54) is 23.5 Å². The van der Waals surface area contributed by atoms with E-state index in [1.54, 1.807) is 6.07 Å². The van der Waals surface area contributed by atoms with Crippen LogP contribution in [0.3, 0.4) is 0 Å². The molecule has 7 heteroatoms. The molecule has 1 aliphatic heterocycles. The molecule has 2 aromatic carbocycles. The zero-order chi connectivity index (χ0) is 18.8. The number of anilines is 1. The van der Waals surface area contributed by atoms with E-state index in [9.17, 15) is 9.18 Å². The normalized spacial score (nSPS) is 14.5. The zero-order valence-electron chi connectivity index (χ0n) is 14.5. The molecule has 140 valence electrons. The van der Waals surface area contributed by atoms with Gasteiger partial charge in [-0.15, -0.1) is 11.3 Å². The Kier molecular flexibility index (Phi) is 5.29. The number of carbonyl (C=O) groups excluding carboxylic acids is 1. The predicted octanol–water partition coefficient (Wildman–Crippen LogP) is 4.46. The molecule has 0 spiro atoms. The van der Waals surface area contributed by atoms with Crippen molar-refractivity contribution in [2.75, 3.05) is 31.2 Å². The van der Waals surface area contributed by atoms with E-state index in [-0.39, 0.29) is 11.7 Å². The van der Waals surface area contributed by atoms with Gasteiger partial charge >= 0.3 is 0 Å². The number of nitrogens with one attached hydrogen (secondary N) is 1. The number of amides is 1. The van der Waals surface area contributed by atoms with Gasteiger partial charge in [0.2, 0.25) is 0 Å². The smallest absolute Gasteiger partial charge is 0.263 e. The van der Waals surface area contributed by atoms with E-state index >= 15 is 0 Å². The second kappa shape index (κ2) is 7.84. The molecule has 0 radical (unpaired) electrons. The number of thiophene rings is 1. The van der Waals surface area contributed by atoms with Crippen molar-refractivity contribution in [3.05, 3.63) is 63.7 Å². The summed E-state index contributed by atoms with van der Waals surface area (Å²) in [5, 5.41) is 3.96. The molecule has 0 bridgehead atoms. The van der Waals surface area contributed by atoms with E-state index in [2.05, 4.69) is 22.3 Å². The van der Waals surface area contributed by atoms with Crippen molar-refractivity contribution in [2.45, 2.75) is 6.54 Å². The zero-order valence-corrected chi connectivity index (χ0v) is 16.1. The Morgan fingerprint density at radius 2 is 1.93 bits per heavy atom. The quantitative estimate of drug-likeness (QED) is 0.698. The van der Waals surface area contributed by atoms with Crippen molar-refractivity contribution in [2.24, 2.45) is 0 Å². The summed E-state index contributed by atoms with van der Waals surface area (Å²) in [6.45, 7) is 3.68. The van der Waals surface area contributed by atoms with Crippen LogP contribution in [0.15, 0.2) is 42.5 Å². The van der Waals surface area contributed by atoms with Gasteiger partial charge in [0.15, 0.2) is 0 Å². The summed E-state index contributed by atoms with van der Waals surface area (Å²) in [5.74, 6) is -0.591. The molecule has 0 atom stereocenters. The summed E-state index contributed by atoms with van der Waals surface area (Å²) in [6.07, 6.45) is 0. The number of hydrogen-bond donors (Lipinski definition) is 1. The van der Waals surface area contributed by atoms with E-state index < -0.39 is 0 Å². The maximum atomic E-state index is 13.4. The Balaban J connectivity index is 1.42. The van der Waals surface area contributed by atoms with Crippen LogP contribution in [0, 0.1) is 5.82 Å². The molecule has 1 N–H and O–H groups in total. The standard InChI is InChI=1S/C20H18ClFN2O2S/c21-18-16-6-3-14(22)11-17(16)27-19(18)20(25)23-12-13-1-4-15(5-2-13)24-7-9-26-10-8-24/h1-6,11H,7-10,12H2,(H,23,25). The molecule has 1 aromatic heterocycles. The molecule has 1 amide bonds. The lowest BCUT2D eigenvalue weighted by Crippen LogP contribution is -2.36. The highest BCUT2D eigenvalue weighted by Gasteiger charge is 2.17. The molecule has 2 heterocycles. The van der Waals surface area contributed by atoms with Crippen molar-refractivity contribution in [3.63, 3.8) is 0 Å². The van der Waals surface area contributed by atoms with Crippen molar-refractivity contribution < 1.29 is 13.9 Å². The van der Waals surface area contributed by atoms with Crippen LogP contribution in [0.4, 0.5) is 10.1 Å². The van der Waals surface area contributed by atoms with Crippen LogP contribution >= 0.6 is 22.9 Å². The van der Waals surface area contributed by atoms with Crippen LogP contribution in [0.5, 0.6) is 0 Å². The minimum atomic E-state index is -0.340. The van der Waals surface area contributed by atoms with Gasteiger partial charge in [-0.1, -0.05) is 23.7 Å². The number of carbonyl (C=O) groups is 1. The van der Waals surface area contributed by atoms with Crippen LogP contribution in [0.1, 0.15) is 15.2 Å². The minimum absolute atomic E-state index is 0.251. The molecule has 1 saturated heterocycles. The van der Waals surface area contributed by atoms with Crippen molar-refractivity contribution >= 4 is 44.6 Å². The SMILES string of the molecule is O=C(NCc1ccc(N2CCOCC2)cc1)c1sc2cc(F)ccc2c1Cl. The number of benzene rings is 2. The predicted molar refractivity (Wildman–Crippen MR) is 107 cm³/mol. The fourth-order valence-corrected chi connectivity index (χ4v) is 4.55. The first-order valence-corrected chi connectivity index (χ1v) is 9.88. The lowest BCUT2D eigenvalue weighted by atomic mass is 10.2. The average molecular weight is 405 g/mol. The van der Waals surface area contributed by atoms with Crippen molar-refractivity contribution in [1.29, 1.82) is 0 Å². The van der Waals surface area contributed by atoms with Gasteiger partial charge in [0.25, 0.3) is 5.91 Å². The number of fused-ring (bicyclic) bond motifs is 1. The van der Waals surface area contributed by atoms with Gasteiger partial charge < -0.3 is 15.0 Å².